The second kappa shape index (κ2) is 9.91. The van der Waals surface area contributed by atoms with Gasteiger partial charge in [-0.2, -0.15) is 4.31 Å². The molecule has 0 radical (unpaired) electrons. The number of halogens is 1. The van der Waals surface area contributed by atoms with Gasteiger partial charge in [0.25, 0.3) is 5.91 Å². The number of piperazine rings is 1. The molecule has 2 aromatic rings. The van der Waals surface area contributed by atoms with Gasteiger partial charge in [0, 0.05) is 55.0 Å². The molecule has 2 aliphatic heterocycles. The first-order chi connectivity index (χ1) is 15.8. The van der Waals surface area contributed by atoms with Crippen molar-refractivity contribution in [2.75, 3.05) is 44.7 Å². The SMILES string of the molecule is COc1ccc(C(=O)N2CCN(c3ccc(Cl)cc3)CC2)cc1S(=O)(=O)N1CCCCC1C. The summed E-state index contributed by atoms with van der Waals surface area (Å²) >= 11 is 5.98. The zero-order valence-corrected chi connectivity index (χ0v) is 20.6. The van der Waals surface area contributed by atoms with Gasteiger partial charge >= 0.3 is 0 Å². The van der Waals surface area contributed by atoms with Crippen molar-refractivity contribution in [3.8, 4) is 5.75 Å². The summed E-state index contributed by atoms with van der Waals surface area (Å²) in [6.07, 6.45) is 2.69. The van der Waals surface area contributed by atoms with E-state index in [0.717, 1.165) is 24.9 Å². The Morgan fingerprint density at radius 1 is 1.00 bits per heavy atom. The fraction of sp³-hybridized carbons (Fsp3) is 0.458. The maximum Gasteiger partial charge on any atom is 0.254 e. The lowest BCUT2D eigenvalue weighted by Crippen LogP contribution is -2.48. The molecule has 0 bridgehead atoms. The Kier molecular flexibility index (Phi) is 7.16. The number of ether oxygens (including phenoxy) is 1. The molecule has 2 heterocycles. The van der Waals surface area contributed by atoms with Crippen molar-refractivity contribution in [1.82, 2.24) is 9.21 Å². The molecule has 178 valence electrons. The number of carbonyl (C=O) groups excluding carboxylic acids is 1. The highest BCUT2D eigenvalue weighted by atomic mass is 35.5. The minimum atomic E-state index is -3.77. The molecule has 2 aromatic carbocycles. The predicted octanol–water partition coefficient (Wildman–Crippen LogP) is 3.87. The molecule has 2 fully saturated rings. The minimum absolute atomic E-state index is 0.0596. The molecule has 0 saturated carbocycles. The van der Waals surface area contributed by atoms with E-state index in [1.54, 1.807) is 17.0 Å². The van der Waals surface area contributed by atoms with Gasteiger partial charge in [-0.25, -0.2) is 8.42 Å². The summed E-state index contributed by atoms with van der Waals surface area (Å²) in [7, 11) is -2.32. The van der Waals surface area contributed by atoms with Crippen molar-refractivity contribution >= 4 is 33.2 Å². The van der Waals surface area contributed by atoms with Crippen molar-refractivity contribution in [3.63, 3.8) is 0 Å². The van der Waals surface area contributed by atoms with Crippen LogP contribution in [0.4, 0.5) is 5.69 Å². The van der Waals surface area contributed by atoms with E-state index in [4.69, 9.17) is 16.3 Å². The monoisotopic (exact) mass is 491 g/mol. The van der Waals surface area contributed by atoms with E-state index in [2.05, 4.69) is 4.90 Å². The van der Waals surface area contributed by atoms with E-state index in [1.807, 2.05) is 31.2 Å². The maximum absolute atomic E-state index is 13.5. The van der Waals surface area contributed by atoms with Crippen LogP contribution in [0, 0.1) is 0 Å². The molecule has 7 nitrogen and oxygen atoms in total. The summed E-state index contributed by atoms with van der Waals surface area (Å²) in [6.45, 7) is 4.91. The van der Waals surface area contributed by atoms with Crippen molar-refractivity contribution in [3.05, 3.63) is 53.1 Å². The molecule has 9 heteroatoms. The highest BCUT2D eigenvalue weighted by molar-refractivity contribution is 7.89. The Balaban J connectivity index is 1.52. The second-order valence-corrected chi connectivity index (χ2v) is 10.9. The number of anilines is 1. The van der Waals surface area contributed by atoms with Gasteiger partial charge in [0.2, 0.25) is 10.0 Å². The van der Waals surface area contributed by atoms with Gasteiger partial charge in [0.15, 0.2) is 0 Å². The third-order valence-corrected chi connectivity index (χ3v) is 8.78. The van der Waals surface area contributed by atoms with E-state index >= 15 is 0 Å². The molecule has 0 aromatic heterocycles. The fourth-order valence-corrected chi connectivity index (χ4v) is 6.58. The van der Waals surface area contributed by atoms with Gasteiger partial charge in [-0.1, -0.05) is 18.0 Å². The summed E-state index contributed by atoms with van der Waals surface area (Å²) in [5.74, 6) is 0.0911. The highest BCUT2D eigenvalue weighted by Crippen LogP contribution is 2.32. The Bertz CT molecular complexity index is 1100. The lowest BCUT2D eigenvalue weighted by atomic mass is 10.1. The number of nitrogens with zero attached hydrogens (tertiary/aromatic N) is 3. The highest BCUT2D eigenvalue weighted by Gasteiger charge is 2.34. The van der Waals surface area contributed by atoms with Gasteiger partial charge in [0.05, 0.1) is 7.11 Å². The van der Waals surface area contributed by atoms with Crippen molar-refractivity contribution in [2.45, 2.75) is 37.1 Å². The van der Waals surface area contributed by atoms with Crippen molar-refractivity contribution in [2.24, 2.45) is 0 Å². The van der Waals surface area contributed by atoms with Crippen molar-refractivity contribution < 1.29 is 17.9 Å². The second-order valence-electron chi connectivity index (χ2n) is 8.58. The molecule has 0 aliphatic carbocycles. The van der Waals surface area contributed by atoms with Gasteiger partial charge in [-0.3, -0.25) is 4.79 Å². The summed E-state index contributed by atoms with van der Waals surface area (Å²) in [5, 5.41) is 0.691. The minimum Gasteiger partial charge on any atom is -0.495 e. The number of amides is 1. The molecular weight excluding hydrogens is 462 g/mol. The van der Waals surface area contributed by atoms with Crippen LogP contribution < -0.4 is 9.64 Å². The molecule has 1 amide bonds. The number of carbonyl (C=O) groups is 1. The van der Waals surface area contributed by atoms with Crippen LogP contribution in [-0.4, -0.2) is 69.4 Å². The standard InChI is InChI=1S/C24H30ClN3O4S/c1-18-5-3-4-12-28(18)33(30,31)23-17-19(6-11-22(23)32-2)24(29)27-15-13-26(14-16-27)21-9-7-20(25)8-10-21/h6-11,17-18H,3-5,12-16H2,1-2H3. The summed E-state index contributed by atoms with van der Waals surface area (Å²) in [6, 6.07) is 12.3. The number of hydrogen-bond donors (Lipinski definition) is 0. The average molecular weight is 492 g/mol. The van der Waals surface area contributed by atoms with Gasteiger partial charge < -0.3 is 14.5 Å². The number of sulfonamides is 1. The molecular formula is C24H30ClN3O4S. The first-order valence-corrected chi connectivity index (χ1v) is 13.1. The largest absolute Gasteiger partial charge is 0.495 e. The number of hydrogen-bond acceptors (Lipinski definition) is 5. The molecule has 0 spiro atoms. The van der Waals surface area contributed by atoms with E-state index in [0.29, 0.717) is 43.3 Å². The van der Waals surface area contributed by atoms with Gasteiger partial charge in [0.1, 0.15) is 10.6 Å². The zero-order chi connectivity index (χ0) is 23.6. The zero-order valence-electron chi connectivity index (χ0n) is 19.0. The Morgan fingerprint density at radius 2 is 1.70 bits per heavy atom. The summed E-state index contributed by atoms with van der Waals surface area (Å²) < 4.78 is 33.8. The quantitative estimate of drug-likeness (QED) is 0.635. The summed E-state index contributed by atoms with van der Waals surface area (Å²) in [5.41, 5.74) is 1.43. The molecule has 4 rings (SSSR count). The smallest absolute Gasteiger partial charge is 0.254 e. The van der Waals surface area contributed by atoms with Crippen LogP contribution in [-0.2, 0) is 10.0 Å². The maximum atomic E-state index is 13.5. The molecule has 1 atom stereocenters. The lowest BCUT2D eigenvalue weighted by molar-refractivity contribution is 0.0746. The summed E-state index contributed by atoms with van der Waals surface area (Å²) in [4.78, 5) is 17.3. The molecule has 1 unspecified atom stereocenters. The Morgan fingerprint density at radius 3 is 2.33 bits per heavy atom. The van der Waals surface area contributed by atoms with E-state index in [-0.39, 0.29) is 22.6 Å². The first-order valence-electron chi connectivity index (χ1n) is 11.3. The van der Waals surface area contributed by atoms with Crippen molar-refractivity contribution in [1.29, 1.82) is 0 Å². The number of benzene rings is 2. The van der Waals surface area contributed by atoms with Crippen LogP contribution in [0.25, 0.3) is 0 Å². The van der Waals surface area contributed by atoms with Crippen LogP contribution in [0.5, 0.6) is 5.75 Å². The van der Waals surface area contributed by atoms with Crippen LogP contribution >= 0.6 is 11.6 Å². The third-order valence-electron chi connectivity index (χ3n) is 6.50. The van der Waals surface area contributed by atoms with Crippen LogP contribution in [0.2, 0.25) is 5.02 Å². The van der Waals surface area contributed by atoms with Crippen LogP contribution in [0.1, 0.15) is 36.5 Å². The third kappa shape index (κ3) is 4.98. The number of piperidine rings is 1. The Hall–Kier alpha value is -2.29. The molecule has 33 heavy (non-hydrogen) atoms. The van der Waals surface area contributed by atoms with E-state index in [9.17, 15) is 13.2 Å². The lowest BCUT2D eigenvalue weighted by Gasteiger charge is -2.36. The number of rotatable bonds is 5. The van der Waals surface area contributed by atoms with Crippen LogP contribution in [0.3, 0.4) is 0 Å². The molecule has 2 saturated heterocycles. The molecule has 0 N–H and O–H groups in total. The molecule has 2 aliphatic rings. The van der Waals surface area contributed by atoms with Crippen LogP contribution in [0.15, 0.2) is 47.4 Å². The fourth-order valence-electron chi connectivity index (χ4n) is 4.57. The average Bonchev–Trinajstić information content (AvgIpc) is 2.84. The first kappa shape index (κ1) is 23.9. The van der Waals surface area contributed by atoms with Gasteiger partial charge in [-0.15, -0.1) is 0 Å². The normalized spacial score (nSPS) is 20.0. The topological polar surface area (TPSA) is 70.2 Å². The van der Waals surface area contributed by atoms with E-state index < -0.39 is 10.0 Å². The number of methoxy groups -OCH3 is 1. The predicted molar refractivity (Wildman–Crippen MR) is 130 cm³/mol. The van der Waals surface area contributed by atoms with Gasteiger partial charge in [-0.05, 0) is 62.2 Å². The van der Waals surface area contributed by atoms with E-state index in [1.165, 1.54) is 17.5 Å². The Labute approximate surface area is 200 Å².